The summed E-state index contributed by atoms with van der Waals surface area (Å²) in [5.74, 6) is -1.27. The number of amides is 2. The van der Waals surface area contributed by atoms with E-state index in [9.17, 15) is 14.0 Å². The van der Waals surface area contributed by atoms with Crippen LogP contribution in [0.1, 0.15) is 17.0 Å². The van der Waals surface area contributed by atoms with E-state index in [-0.39, 0.29) is 11.8 Å². The van der Waals surface area contributed by atoms with Crippen molar-refractivity contribution < 1.29 is 14.0 Å². The van der Waals surface area contributed by atoms with Crippen LogP contribution in [-0.2, 0) is 9.59 Å². The number of halogens is 1. The molecule has 1 N–H and O–H groups in total. The van der Waals surface area contributed by atoms with Gasteiger partial charge in [0.2, 0.25) is 11.8 Å². The second-order valence-electron chi connectivity index (χ2n) is 9.57. The number of anilines is 2. The van der Waals surface area contributed by atoms with Crippen LogP contribution in [0.3, 0.4) is 0 Å². The molecule has 1 saturated heterocycles. The van der Waals surface area contributed by atoms with Crippen molar-refractivity contribution in [2.24, 2.45) is 4.99 Å². The van der Waals surface area contributed by atoms with E-state index in [4.69, 9.17) is 4.99 Å². The van der Waals surface area contributed by atoms with E-state index in [1.54, 1.807) is 18.0 Å². The number of carbonyl (C=O) groups excluding carboxylic acids is 2. The van der Waals surface area contributed by atoms with Gasteiger partial charge in [0.15, 0.2) is 0 Å². The smallest absolute Gasteiger partial charge is 0.240 e. The summed E-state index contributed by atoms with van der Waals surface area (Å²) < 4.78 is 13.8. The summed E-state index contributed by atoms with van der Waals surface area (Å²) in [5, 5.41) is 2.79. The second-order valence-corrected chi connectivity index (χ2v) is 9.57. The molecule has 0 radical (unpaired) electrons. The summed E-state index contributed by atoms with van der Waals surface area (Å²) in [4.78, 5) is 36.8. The molecule has 37 heavy (non-hydrogen) atoms. The summed E-state index contributed by atoms with van der Waals surface area (Å²) in [6.07, 6.45) is 0. The number of fused-ring (bicyclic) bond motifs is 1. The van der Waals surface area contributed by atoms with Gasteiger partial charge in [-0.25, -0.2) is 4.39 Å². The molecule has 0 bridgehead atoms. The lowest BCUT2D eigenvalue weighted by Gasteiger charge is -2.32. The van der Waals surface area contributed by atoms with Crippen LogP contribution in [0.15, 0.2) is 77.8 Å². The molecule has 0 aromatic heterocycles. The Hall–Kier alpha value is -3.88. The van der Waals surface area contributed by atoms with Crippen molar-refractivity contribution in [1.82, 2.24) is 9.80 Å². The van der Waals surface area contributed by atoms with E-state index >= 15 is 0 Å². The molecule has 3 aromatic rings. The molecular formula is C29H30FN5O2. The number of piperazine rings is 1. The quantitative estimate of drug-likeness (QED) is 0.523. The van der Waals surface area contributed by atoms with Gasteiger partial charge in [0, 0.05) is 44.6 Å². The Morgan fingerprint density at radius 3 is 2.43 bits per heavy atom. The van der Waals surface area contributed by atoms with Gasteiger partial charge in [0.1, 0.15) is 11.7 Å². The Kier molecular flexibility index (Phi) is 7.12. The highest BCUT2D eigenvalue weighted by atomic mass is 19.1. The number of hydrogen-bond acceptors (Lipinski definition) is 5. The molecule has 2 heterocycles. The first-order valence-electron chi connectivity index (χ1n) is 12.4. The van der Waals surface area contributed by atoms with Crippen molar-refractivity contribution in [3.05, 3.63) is 89.7 Å². The highest BCUT2D eigenvalue weighted by Crippen LogP contribution is 2.36. The summed E-state index contributed by atoms with van der Waals surface area (Å²) in [5.41, 5.74) is 3.98. The highest BCUT2D eigenvalue weighted by molar-refractivity contribution is 6.24. The minimum atomic E-state index is -0.662. The number of likely N-dealkylation sites (N-methyl/N-ethyl adjacent to an activating group) is 2. The van der Waals surface area contributed by atoms with Crippen LogP contribution in [0, 0.1) is 5.82 Å². The fourth-order valence-corrected chi connectivity index (χ4v) is 4.75. The Labute approximate surface area is 216 Å². The van der Waals surface area contributed by atoms with Crippen molar-refractivity contribution in [1.29, 1.82) is 0 Å². The molecule has 5 rings (SSSR count). The van der Waals surface area contributed by atoms with Gasteiger partial charge in [-0.1, -0.05) is 36.4 Å². The maximum atomic E-state index is 13.8. The Balaban J connectivity index is 1.39. The molecule has 2 aliphatic heterocycles. The molecule has 0 spiro atoms. The predicted octanol–water partition coefficient (Wildman–Crippen LogP) is 3.89. The number of carbonyl (C=O) groups is 2. The summed E-state index contributed by atoms with van der Waals surface area (Å²) in [6, 6.07) is 21.3. The molecule has 1 atom stereocenters. The molecule has 3 aromatic carbocycles. The molecule has 0 saturated carbocycles. The maximum Gasteiger partial charge on any atom is 0.240 e. The standard InChI is InChI=1S/C29H30FN5O2/c1-33-14-16-35(17-15-33)19-26(36)34(2)23-11-9-22(10-12-23)31-28(20-6-4-3-5-7-20)27-24-13-8-21(30)18-25(24)32-29(27)37/h3-13,18,27H,14-17,19H2,1-2H3,(H,32,37). The Morgan fingerprint density at radius 1 is 1.03 bits per heavy atom. The van der Waals surface area contributed by atoms with Crippen LogP contribution >= 0.6 is 0 Å². The molecule has 7 nitrogen and oxygen atoms in total. The first-order chi connectivity index (χ1) is 17.9. The number of hydrogen-bond donors (Lipinski definition) is 1. The van der Waals surface area contributed by atoms with E-state index in [1.807, 2.05) is 54.6 Å². The molecule has 190 valence electrons. The van der Waals surface area contributed by atoms with Gasteiger partial charge in [0.05, 0.1) is 17.9 Å². The first kappa shape index (κ1) is 24.8. The largest absolute Gasteiger partial charge is 0.325 e. The fourth-order valence-electron chi connectivity index (χ4n) is 4.75. The van der Waals surface area contributed by atoms with Gasteiger partial charge in [-0.3, -0.25) is 19.5 Å². The van der Waals surface area contributed by atoms with E-state index in [2.05, 4.69) is 22.2 Å². The van der Waals surface area contributed by atoms with E-state index in [0.29, 0.717) is 29.2 Å². The van der Waals surface area contributed by atoms with Gasteiger partial charge in [0.25, 0.3) is 0 Å². The van der Waals surface area contributed by atoms with E-state index in [0.717, 1.165) is 37.4 Å². The number of aliphatic imine (C=N–C) groups is 1. The van der Waals surface area contributed by atoms with Gasteiger partial charge in [-0.2, -0.15) is 0 Å². The van der Waals surface area contributed by atoms with Gasteiger partial charge < -0.3 is 15.1 Å². The van der Waals surface area contributed by atoms with Crippen molar-refractivity contribution in [3.8, 4) is 0 Å². The Bertz CT molecular complexity index is 1320. The SMILES string of the molecule is CN1CCN(CC(=O)N(C)c2ccc(N=C(c3ccccc3)C3C(=O)Nc4cc(F)ccc43)cc2)CC1. The van der Waals surface area contributed by atoms with E-state index in [1.165, 1.54) is 12.1 Å². The summed E-state index contributed by atoms with van der Waals surface area (Å²) in [7, 11) is 3.88. The summed E-state index contributed by atoms with van der Waals surface area (Å²) in [6.45, 7) is 4.09. The monoisotopic (exact) mass is 499 g/mol. The number of benzene rings is 3. The van der Waals surface area contributed by atoms with Gasteiger partial charge in [-0.15, -0.1) is 0 Å². The minimum Gasteiger partial charge on any atom is -0.325 e. The lowest BCUT2D eigenvalue weighted by Crippen LogP contribution is -2.48. The fraction of sp³-hybridized carbons (Fsp3) is 0.276. The van der Waals surface area contributed by atoms with Crippen LogP contribution in [0.25, 0.3) is 0 Å². The molecule has 2 aliphatic rings. The number of rotatable bonds is 6. The topological polar surface area (TPSA) is 68.2 Å². The molecule has 0 aliphatic carbocycles. The van der Waals surface area contributed by atoms with E-state index < -0.39 is 11.7 Å². The lowest BCUT2D eigenvalue weighted by atomic mass is 9.90. The normalized spacial score (nSPS) is 18.4. The average molecular weight is 500 g/mol. The van der Waals surface area contributed by atoms with Crippen LogP contribution in [-0.4, -0.2) is 74.1 Å². The zero-order chi connectivity index (χ0) is 25.9. The van der Waals surface area contributed by atoms with Crippen molar-refractivity contribution in [2.75, 3.05) is 57.0 Å². The van der Waals surface area contributed by atoms with Crippen LogP contribution in [0.5, 0.6) is 0 Å². The predicted molar refractivity (Wildman–Crippen MR) is 144 cm³/mol. The third-order valence-electron chi connectivity index (χ3n) is 7.00. The van der Waals surface area contributed by atoms with Crippen LogP contribution in [0.2, 0.25) is 0 Å². The van der Waals surface area contributed by atoms with Crippen LogP contribution in [0.4, 0.5) is 21.5 Å². The molecule has 1 fully saturated rings. The number of nitrogens with one attached hydrogen (secondary N) is 1. The van der Waals surface area contributed by atoms with Crippen LogP contribution < -0.4 is 10.2 Å². The third kappa shape index (κ3) is 5.45. The van der Waals surface area contributed by atoms with Gasteiger partial charge >= 0.3 is 0 Å². The summed E-state index contributed by atoms with van der Waals surface area (Å²) >= 11 is 0. The second kappa shape index (κ2) is 10.6. The van der Waals surface area contributed by atoms with Crippen molar-refractivity contribution in [3.63, 3.8) is 0 Å². The molecular weight excluding hydrogens is 469 g/mol. The minimum absolute atomic E-state index is 0.0391. The molecule has 2 amide bonds. The first-order valence-corrected chi connectivity index (χ1v) is 12.4. The Morgan fingerprint density at radius 2 is 1.73 bits per heavy atom. The zero-order valence-electron chi connectivity index (χ0n) is 21.0. The third-order valence-corrected chi connectivity index (χ3v) is 7.00. The van der Waals surface area contributed by atoms with Crippen molar-refractivity contribution in [2.45, 2.75) is 5.92 Å². The highest BCUT2D eigenvalue weighted by Gasteiger charge is 2.35. The lowest BCUT2D eigenvalue weighted by molar-refractivity contribution is -0.120. The average Bonchev–Trinajstić information content (AvgIpc) is 3.23. The molecule has 8 heteroatoms. The van der Waals surface area contributed by atoms with Gasteiger partial charge in [-0.05, 0) is 54.6 Å². The molecule has 1 unspecified atom stereocenters. The maximum absolute atomic E-state index is 13.8. The zero-order valence-corrected chi connectivity index (χ0v) is 21.0. The van der Waals surface area contributed by atoms with Crippen molar-refractivity contribution >= 4 is 34.6 Å². The number of nitrogens with zero attached hydrogens (tertiary/aromatic N) is 4.